The fraction of sp³-hybridized carbons (Fsp3) is 0.308. The van der Waals surface area contributed by atoms with Gasteiger partial charge in [0.2, 0.25) is 12.1 Å². The third kappa shape index (κ3) is 3.05. The van der Waals surface area contributed by atoms with Crippen molar-refractivity contribution in [2.45, 2.75) is 13.5 Å². The van der Waals surface area contributed by atoms with Crippen LogP contribution < -0.4 is 10.1 Å². The van der Waals surface area contributed by atoms with E-state index in [0.717, 1.165) is 11.3 Å². The Hall–Kier alpha value is -2.57. The zero-order valence-corrected chi connectivity index (χ0v) is 11.4. The monoisotopic (exact) mass is 276 g/mol. The Morgan fingerprint density at radius 3 is 3.00 bits per heavy atom. The van der Waals surface area contributed by atoms with Gasteiger partial charge >= 0.3 is 5.82 Å². The Morgan fingerprint density at radius 2 is 2.30 bits per heavy atom. The van der Waals surface area contributed by atoms with Crippen LogP contribution in [0.15, 0.2) is 30.6 Å². The number of nitrogens with zero attached hydrogens (tertiary/aromatic N) is 3. The van der Waals surface area contributed by atoms with Gasteiger partial charge in [-0.2, -0.15) is 0 Å². The molecule has 7 heteroatoms. The van der Waals surface area contributed by atoms with Crippen molar-refractivity contribution in [1.29, 1.82) is 0 Å². The first kappa shape index (κ1) is 13.9. The number of nitrogens with one attached hydrogen (secondary N) is 1. The molecule has 20 heavy (non-hydrogen) atoms. The van der Waals surface area contributed by atoms with Crippen LogP contribution in [0.1, 0.15) is 12.5 Å². The second-order valence-electron chi connectivity index (χ2n) is 4.22. The number of ether oxygens (including phenoxy) is 1. The highest BCUT2D eigenvalue weighted by atomic mass is 16.6. The highest BCUT2D eigenvalue weighted by Gasteiger charge is 2.19. The van der Waals surface area contributed by atoms with Crippen molar-refractivity contribution in [2.75, 3.05) is 11.9 Å². The summed E-state index contributed by atoms with van der Waals surface area (Å²) in [7, 11) is 1.71. The summed E-state index contributed by atoms with van der Waals surface area (Å²) in [6.45, 7) is 2.98. The number of anilines is 1. The lowest BCUT2D eigenvalue weighted by Gasteiger charge is -2.08. The van der Waals surface area contributed by atoms with Crippen LogP contribution in [0, 0.1) is 10.1 Å². The molecule has 2 rings (SSSR count). The molecule has 0 fully saturated rings. The van der Waals surface area contributed by atoms with Gasteiger partial charge in [-0.15, -0.1) is 0 Å². The van der Waals surface area contributed by atoms with E-state index in [9.17, 15) is 10.1 Å². The molecule has 106 valence electrons. The standard InChI is InChI=1S/C13H16N4O3/c1-3-20-11-6-4-5-10(7-11)8-14-12-13(17(18)19)15-9-16(12)2/h4-7,9,14H,3,8H2,1-2H3. The highest BCUT2D eigenvalue weighted by Crippen LogP contribution is 2.22. The molecular formula is C13H16N4O3. The van der Waals surface area contributed by atoms with Crippen molar-refractivity contribution in [1.82, 2.24) is 9.55 Å². The molecule has 1 aromatic heterocycles. The zero-order chi connectivity index (χ0) is 14.5. The first-order valence-electron chi connectivity index (χ1n) is 6.23. The van der Waals surface area contributed by atoms with E-state index in [1.165, 1.54) is 6.33 Å². The summed E-state index contributed by atoms with van der Waals surface area (Å²) < 4.78 is 7.00. The lowest BCUT2D eigenvalue weighted by molar-refractivity contribution is -0.388. The van der Waals surface area contributed by atoms with Gasteiger partial charge in [-0.3, -0.25) is 4.57 Å². The largest absolute Gasteiger partial charge is 0.494 e. The summed E-state index contributed by atoms with van der Waals surface area (Å²) in [4.78, 5) is 14.1. The molecule has 0 unspecified atom stereocenters. The Morgan fingerprint density at radius 1 is 1.50 bits per heavy atom. The molecule has 0 atom stereocenters. The minimum atomic E-state index is -0.501. The fourth-order valence-electron chi connectivity index (χ4n) is 1.85. The molecule has 0 bridgehead atoms. The topological polar surface area (TPSA) is 82.2 Å². The van der Waals surface area contributed by atoms with E-state index in [2.05, 4.69) is 10.3 Å². The summed E-state index contributed by atoms with van der Waals surface area (Å²) in [5, 5.41) is 13.9. The lowest BCUT2D eigenvalue weighted by atomic mass is 10.2. The van der Waals surface area contributed by atoms with Gasteiger partial charge in [0.15, 0.2) is 0 Å². The third-order valence-electron chi connectivity index (χ3n) is 2.76. The Kier molecular flexibility index (Phi) is 4.19. The summed E-state index contributed by atoms with van der Waals surface area (Å²) in [5.74, 6) is 0.997. The highest BCUT2D eigenvalue weighted by molar-refractivity contribution is 5.52. The summed E-state index contributed by atoms with van der Waals surface area (Å²) in [6.07, 6.45) is 1.41. The second-order valence-corrected chi connectivity index (χ2v) is 4.22. The quantitative estimate of drug-likeness (QED) is 0.646. The maximum Gasteiger partial charge on any atom is 0.406 e. The normalized spacial score (nSPS) is 10.3. The molecule has 0 aliphatic rings. The van der Waals surface area contributed by atoms with E-state index in [1.54, 1.807) is 11.6 Å². The summed E-state index contributed by atoms with van der Waals surface area (Å²) >= 11 is 0. The van der Waals surface area contributed by atoms with Gasteiger partial charge in [0.05, 0.1) is 6.61 Å². The number of hydrogen-bond donors (Lipinski definition) is 1. The molecule has 0 spiro atoms. The molecular weight excluding hydrogens is 260 g/mol. The van der Waals surface area contributed by atoms with Gasteiger partial charge in [0, 0.05) is 13.6 Å². The minimum absolute atomic E-state index is 0.173. The van der Waals surface area contributed by atoms with E-state index in [0.29, 0.717) is 19.0 Å². The first-order valence-corrected chi connectivity index (χ1v) is 6.23. The SMILES string of the molecule is CCOc1cccc(CNc2c([N+](=O)[O-])ncn2C)c1. The molecule has 0 aliphatic heterocycles. The van der Waals surface area contributed by atoms with Crippen LogP contribution in [-0.2, 0) is 13.6 Å². The van der Waals surface area contributed by atoms with Crippen LogP contribution in [-0.4, -0.2) is 21.1 Å². The van der Waals surface area contributed by atoms with Gasteiger partial charge in [0.25, 0.3) is 0 Å². The van der Waals surface area contributed by atoms with Crippen molar-refractivity contribution in [2.24, 2.45) is 7.05 Å². The molecule has 1 aromatic carbocycles. The average Bonchev–Trinajstić information content (AvgIpc) is 2.79. The van der Waals surface area contributed by atoms with E-state index >= 15 is 0 Å². The number of imidazole rings is 1. The predicted molar refractivity (Wildman–Crippen MR) is 74.8 cm³/mol. The molecule has 0 saturated heterocycles. The van der Waals surface area contributed by atoms with Gasteiger partial charge in [-0.1, -0.05) is 12.1 Å². The van der Waals surface area contributed by atoms with Crippen molar-refractivity contribution >= 4 is 11.6 Å². The maximum absolute atomic E-state index is 10.9. The summed E-state index contributed by atoms with van der Waals surface area (Å²) in [6, 6.07) is 7.59. The van der Waals surface area contributed by atoms with E-state index < -0.39 is 4.92 Å². The Labute approximate surface area is 116 Å². The molecule has 7 nitrogen and oxygen atoms in total. The molecule has 0 amide bonds. The number of aromatic nitrogens is 2. The van der Waals surface area contributed by atoms with Gasteiger partial charge in [-0.25, -0.2) is 0 Å². The Balaban J connectivity index is 2.11. The third-order valence-corrected chi connectivity index (χ3v) is 2.76. The number of hydrogen-bond acceptors (Lipinski definition) is 5. The van der Waals surface area contributed by atoms with E-state index in [-0.39, 0.29) is 5.82 Å². The Bertz CT molecular complexity index is 609. The van der Waals surface area contributed by atoms with E-state index in [1.807, 2.05) is 31.2 Å². The van der Waals surface area contributed by atoms with Crippen LogP contribution in [0.25, 0.3) is 0 Å². The fourth-order valence-corrected chi connectivity index (χ4v) is 1.85. The molecule has 0 aliphatic carbocycles. The number of nitro groups is 1. The molecule has 2 aromatic rings. The van der Waals surface area contributed by atoms with E-state index in [4.69, 9.17) is 4.74 Å². The first-order chi connectivity index (χ1) is 9.61. The smallest absolute Gasteiger partial charge is 0.406 e. The number of aryl methyl sites for hydroxylation is 1. The molecule has 0 saturated carbocycles. The van der Waals surface area contributed by atoms with Crippen molar-refractivity contribution in [3.63, 3.8) is 0 Å². The predicted octanol–water partition coefficient (Wildman–Crippen LogP) is 2.34. The summed E-state index contributed by atoms with van der Waals surface area (Å²) in [5.41, 5.74) is 0.978. The van der Waals surface area contributed by atoms with Gasteiger partial charge in [0.1, 0.15) is 5.75 Å². The van der Waals surface area contributed by atoms with Crippen molar-refractivity contribution in [3.8, 4) is 5.75 Å². The lowest BCUT2D eigenvalue weighted by Crippen LogP contribution is -2.06. The zero-order valence-electron chi connectivity index (χ0n) is 11.4. The van der Waals surface area contributed by atoms with Crippen LogP contribution in [0.2, 0.25) is 0 Å². The molecule has 1 heterocycles. The molecule has 0 radical (unpaired) electrons. The number of benzene rings is 1. The van der Waals surface area contributed by atoms with Crippen LogP contribution in [0.5, 0.6) is 5.75 Å². The second kappa shape index (κ2) is 6.05. The van der Waals surface area contributed by atoms with Gasteiger partial charge in [-0.05, 0) is 34.5 Å². The number of rotatable bonds is 6. The van der Waals surface area contributed by atoms with Crippen molar-refractivity contribution < 1.29 is 9.66 Å². The minimum Gasteiger partial charge on any atom is -0.494 e. The average molecular weight is 276 g/mol. The van der Waals surface area contributed by atoms with Crippen LogP contribution in [0.3, 0.4) is 0 Å². The maximum atomic E-state index is 10.9. The van der Waals surface area contributed by atoms with Crippen molar-refractivity contribution in [3.05, 3.63) is 46.3 Å². The molecule has 1 N–H and O–H groups in total. The van der Waals surface area contributed by atoms with Gasteiger partial charge < -0.3 is 20.2 Å². The van der Waals surface area contributed by atoms with Crippen LogP contribution >= 0.6 is 0 Å². The van der Waals surface area contributed by atoms with Crippen LogP contribution in [0.4, 0.5) is 11.6 Å².